The number of nitrogens with zero attached hydrogens (tertiary/aromatic N) is 5. The normalized spacial score (nSPS) is 14.3. The molecule has 6 nitrogen and oxygen atoms in total. The predicted octanol–water partition coefficient (Wildman–Crippen LogP) is 0.407. The fourth-order valence-corrected chi connectivity index (χ4v) is 2.03. The van der Waals surface area contributed by atoms with Crippen LogP contribution in [0.4, 0.5) is 5.82 Å². The van der Waals surface area contributed by atoms with Gasteiger partial charge < -0.3 is 9.80 Å². The molecule has 1 aromatic heterocycles. The number of rotatable bonds is 3. The second-order valence-corrected chi connectivity index (χ2v) is 4.28. The quantitative estimate of drug-likeness (QED) is 0.771. The molecule has 6 heteroatoms. The number of carbonyl (C=O) groups excluding carboxylic acids is 1. The van der Waals surface area contributed by atoms with Crippen LogP contribution in [0.1, 0.15) is 18.5 Å². The van der Waals surface area contributed by atoms with E-state index in [1.807, 2.05) is 11.0 Å². The first kappa shape index (κ1) is 12.3. The third-order valence-corrected chi connectivity index (χ3v) is 2.98. The molecule has 1 fully saturated rings. The van der Waals surface area contributed by atoms with Crippen molar-refractivity contribution in [2.75, 3.05) is 31.6 Å². The molecule has 0 N–H and O–H groups in total. The minimum Gasteiger partial charge on any atom is -0.348 e. The minimum atomic E-state index is 0.0737. The van der Waals surface area contributed by atoms with Crippen LogP contribution in [0, 0.1) is 11.3 Å². The van der Waals surface area contributed by atoms with Crippen molar-refractivity contribution in [3.8, 4) is 6.07 Å². The largest absolute Gasteiger partial charge is 0.348 e. The van der Waals surface area contributed by atoms with Crippen LogP contribution in [0.2, 0.25) is 0 Å². The van der Waals surface area contributed by atoms with E-state index in [2.05, 4.69) is 9.97 Å². The number of carbonyl (C=O) groups is 1. The Morgan fingerprint density at radius 3 is 2.78 bits per heavy atom. The van der Waals surface area contributed by atoms with E-state index in [9.17, 15) is 4.79 Å². The molecular weight excluding hydrogens is 230 g/mol. The van der Waals surface area contributed by atoms with E-state index in [-0.39, 0.29) is 18.1 Å². The maximum atomic E-state index is 12.0. The van der Waals surface area contributed by atoms with Gasteiger partial charge in [-0.05, 0) is 12.8 Å². The first-order valence-corrected chi connectivity index (χ1v) is 5.92. The highest BCUT2D eigenvalue weighted by Crippen LogP contribution is 2.13. The molecule has 0 saturated carbocycles. The maximum absolute atomic E-state index is 12.0. The summed E-state index contributed by atoms with van der Waals surface area (Å²) in [4.78, 5) is 23.5. The van der Waals surface area contributed by atoms with Gasteiger partial charge in [0.2, 0.25) is 5.91 Å². The molecule has 0 aromatic carbocycles. The number of nitriles is 1. The number of hydrogen-bond acceptors (Lipinski definition) is 5. The average Bonchev–Trinajstić information content (AvgIpc) is 2.92. The number of hydrogen-bond donors (Lipinski definition) is 0. The Hall–Kier alpha value is -2.16. The molecule has 0 unspecified atom stereocenters. The lowest BCUT2D eigenvalue weighted by atomic mass is 10.4. The lowest BCUT2D eigenvalue weighted by Crippen LogP contribution is -2.37. The fraction of sp³-hybridized carbons (Fsp3) is 0.500. The van der Waals surface area contributed by atoms with Gasteiger partial charge in [0.05, 0.1) is 6.54 Å². The van der Waals surface area contributed by atoms with Gasteiger partial charge in [-0.1, -0.05) is 0 Å². The highest BCUT2D eigenvalue weighted by atomic mass is 16.2. The van der Waals surface area contributed by atoms with Crippen molar-refractivity contribution < 1.29 is 4.79 Å². The van der Waals surface area contributed by atoms with E-state index in [4.69, 9.17) is 5.26 Å². The summed E-state index contributed by atoms with van der Waals surface area (Å²) in [5.74, 6) is 0.525. The maximum Gasteiger partial charge on any atom is 0.242 e. The lowest BCUT2D eigenvalue weighted by molar-refractivity contribution is -0.128. The molecule has 1 amide bonds. The molecule has 2 rings (SSSR count). The summed E-state index contributed by atoms with van der Waals surface area (Å²) in [6.07, 6.45) is 5.14. The lowest BCUT2D eigenvalue weighted by Gasteiger charge is -2.22. The zero-order chi connectivity index (χ0) is 13.0. The van der Waals surface area contributed by atoms with Crippen LogP contribution in [-0.4, -0.2) is 47.5 Å². The average molecular weight is 245 g/mol. The van der Waals surface area contributed by atoms with Crippen LogP contribution in [-0.2, 0) is 4.79 Å². The molecule has 0 atom stereocenters. The Kier molecular flexibility index (Phi) is 3.72. The van der Waals surface area contributed by atoms with Gasteiger partial charge in [0.1, 0.15) is 6.07 Å². The third kappa shape index (κ3) is 2.56. The van der Waals surface area contributed by atoms with Gasteiger partial charge in [0.25, 0.3) is 0 Å². The van der Waals surface area contributed by atoms with Crippen LogP contribution < -0.4 is 4.90 Å². The summed E-state index contributed by atoms with van der Waals surface area (Å²) in [6, 6.07) is 1.98. The molecule has 18 heavy (non-hydrogen) atoms. The summed E-state index contributed by atoms with van der Waals surface area (Å²) in [7, 11) is 1.75. The fourth-order valence-electron chi connectivity index (χ4n) is 2.03. The molecule has 0 aliphatic carbocycles. The van der Waals surface area contributed by atoms with E-state index in [1.165, 1.54) is 12.4 Å². The van der Waals surface area contributed by atoms with Crippen LogP contribution in [0.3, 0.4) is 0 Å². The number of amides is 1. The molecule has 1 aliphatic heterocycles. The van der Waals surface area contributed by atoms with Crippen molar-refractivity contribution in [2.24, 2.45) is 0 Å². The number of likely N-dealkylation sites (tertiary alicyclic amines) is 1. The standard InChI is InChI=1S/C12H15N5O/c1-16(9-11(18)17-6-2-3-7-17)12-10(8-13)14-4-5-15-12/h4-5H,2-3,6-7,9H2,1H3. The van der Waals surface area contributed by atoms with Crippen molar-refractivity contribution in [1.29, 1.82) is 5.26 Å². The highest BCUT2D eigenvalue weighted by molar-refractivity contribution is 5.81. The molecule has 0 radical (unpaired) electrons. The smallest absolute Gasteiger partial charge is 0.242 e. The van der Waals surface area contributed by atoms with Crippen LogP contribution >= 0.6 is 0 Å². The third-order valence-electron chi connectivity index (χ3n) is 2.98. The molecule has 0 spiro atoms. The zero-order valence-corrected chi connectivity index (χ0v) is 10.3. The second-order valence-electron chi connectivity index (χ2n) is 4.28. The molecule has 94 valence electrons. The van der Waals surface area contributed by atoms with Crippen molar-refractivity contribution in [3.63, 3.8) is 0 Å². The molecule has 0 bridgehead atoms. The summed E-state index contributed by atoms with van der Waals surface area (Å²) >= 11 is 0. The van der Waals surface area contributed by atoms with E-state index < -0.39 is 0 Å². The molecule has 1 saturated heterocycles. The van der Waals surface area contributed by atoms with Gasteiger partial charge >= 0.3 is 0 Å². The number of likely N-dealkylation sites (N-methyl/N-ethyl adjacent to an activating group) is 1. The zero-order valence-electron chi connectivity index (χ0n) is 10.3. The highest BCUT2D eigenvalue weighted by Gasteiger charge is 2.20. The van der Waals surface area contributed by atoms with Gasteiger partial charge in [-0.2, -0.15) is 5.26 Å². The van der Waals surface area contributed by atoms with Crippen LogP contribution in [0.5, 0.6) is 0 Å². The Labute approximate surface area is 106 Å². The summed E-state index contributed by atoms with van der Waals surface area (Å²) in [5.41, 5.74) is 0.245. The minimum absolute atomic E-state index is 0.0737. The molecule has 1 aliphatic rings. The second kappa shape index (κ2) is 5.45. The summed E-state index contributed by atoms with van der Waals surface area (Å²) in [6.45, 7) is 1.89. The first-order valence-electron chi connectivity index (χ1n) is 5.92. The van der Waals surface area contributed by atoms with Crippen LogP contribution in [0.15, 0.2) is 12.4 Å². The van der Waals surface area contributed by atoms with Crippen molar-refractivity contribution in [3.05, 3.63) is 18.1 Å². The molecule has 2 heterocycles. The number of aromatic nitrogens is 2. The van der Waals surface area contributed by atoms with Gasteiger partial charge in [-0.15, -0.1) is 0 Å². The predicted molar refractivity (Wildman–Crippen MR) is 65.8 cm³/mol. The Morgan fingerprint density at radius 1 is 1.44 bits per heavy atom. The number of anilines is 1. The van der Waals surface area contributed by atoms with E-state index in [0.717, 1.165) is 25.9 Å². The Bertz CT molecular complexity index is 476. The summed E-state index contributed by atoms with van der Waals surface area (Å²) in [5, 5.41) is 8.94. The molecular formula is C12H15N5O. The monoisotopic (exact) mass is 245 g/mol. The Morgan fingerprint density at radius 2 is 2.11 bits per heavy atom. The molecule has 1 aromatic rings. The van der Waals surface area contributed by atoms with Gasteiger partial charge in [0, 0.05) is 32.5 Å². The van der Waals surface area contributed by atoms with E-state index in [0.29, 0.717) is 5.82 Å². The van der Waals surface area contributed by atoms with E-state index in [1.54, 1.807) is 11.9 Å². The van der Waals surface area contributed by atoms with Gasteiger partial charge in [-0.3, -0.25) is 4.79 Å². The Balaban J connectivity index is 2.05. The summed E-state index contributed by atoms with van der Waals surface area (Å²) < 4.78 is 0. The van der Waals surface area contributed by atoms with E-state index >= 15 is 0 Å². The topological polar surface area (TPSA) is 73.1 Å². The van der Waals surface area contributed by atoms with Crippen LogP contribution in [0.25, 0.3) is 0 Å². The van der Waals surface area contributed by atoms with Gasteiger partial charge in [0.15, 0.2) is 11.5 Å². The van der Waals surface area contributed by atoms with Crippen molar-refractivity contribution in [2.45, 2.75) is 12.8 Å². The van der Waals surface area contributed by atoms with Gasteiger partial charge in [-0.25, -0.2) is 9.97 Å². The SMILES string of the molecule is CN(CC(=O)N1CCCC1)c1nccnc1C#N. The van der Waals surface area contributed by atoms with Crippen molar-refractivity contribution >= 4 is 11.7 Å². The van der Waals surface area contributed by atoms with Crippen molar-refractivity contribution in [1.82, 2.24) is 14.9 Å². The first-order chi connectivity index (χ1) is 8.72.